The van der Waals surface area contributed by atoms with Crippen LogP contribution in [-0.4, -0.2) is 24.1 Å². The van der Waals surface area contributed by atoms with E-state index in [4.69, 9.17) is 5.26 Å². The van der Waals surface area contributed by atoms with Crippen molar-refractivity contribution < 1.29 is 9.92 Å². The molecule has 0 aliphatic rings. The Labute approximate surface area is 95.1 Å². The molecule has 0 saturated carbocycles. The summed E-state index contributed by atoms with van der Waals surface area (Å²) in [5.74, 6) is 0.393. The molecule has 0 fully saturated rings. The summed E-state index contributed by atoms with van der Waals surface area (Å²) in [6, 6.07) is 3.62. The van der Waals surface area contributed by atoms with Crippen LogP contribution >= 0.6 is 11.3 Å². The zero-order chi connectivity index (χ0) is 11.8. The first kappa shape index (κ1) is 11.9. The van der Waals surface area contributed by atoms with E-state index < -0.39 is 5.09 Å². The Kier molecular flexibility index (Phi) is 4.75. The van der Waals surface area contributed by atoms with Gasteiger partial charge in [0.15, 0.2) is 12.0 Å². The highest BCUT2D eigenvalue weighted by molar-refractivity contribution is 7.12. The summed E-state index contributed by atoms with van der Waals surface area (Å²) in [6.07, 6.45) is 1.76. The third-order valence-corrected chi connectivity index (χ3v) is 2.36. The first-order valence-corrected chi connectivity index (χ1v) is 5.12. The molecule has 0 saturated heterocycles. The summed E-state index contributed by atoms with van der Waals surface area (Å²) in [7, 11) is 0. The molecule has 0 amide bonds. The molecule has 0 bridgehead atoms. The SMILES string of the molecule is N#CNC(=NCCO[N+](=O)[O-])c1cccs1. The fourth-order valence-corrected chi connectivity index (χ4v) is 1.61. The summed E-state index contributed by atoms with van der Waals surface area (Å²) in [6.45, 7) is -0.0160. The van der Waals surface area contributed by atoms with Crippen LogP contribution in [-0.2, 0) is 4.84 Å². The van der Waals surface area contributed by atoms with Crippen LogP contribution in [0.5, 0.6) is 0 Å². The molecular weight excluding hydrogens is 232 g/mol. The van der Waals surface area contributed by atoms with Gasteiger partial charge in [0.05, 0.1) is 11.4 Å². The van der Waals surface area contributed by atoms with Gasteiger partial charge in [0.2, 0.25) is 0 Å². The average Bonchev–Trinajstić information content (AvgIpc) is 2.75. The predicted molar refractivity (Wildman–Crippen MR) is 57.4 cm³/mol. The van der Waals surface area contributed by atoms with Crippen LogP contribution in [0.1, 0.15) is 4.88 Å². The molecule has 0 unspecified atom stereocenters. The number of hydrogen-bond donors (Lipinski definition) is 1. The quantitative estimate of drug-likeness (QED) is 0.156. The molecule has 0 radical (unpaired) electrons. The lowest BCUT2D eigenvalue weighted by Crippen LogP contribution is -2.19. The highest BCUT2D eigenvalue weighted by atomic mass is 32.1. The van der Waals surface area contributed by atoms with Crippen LogP contribution in [0.4, 0.5) is 0 Å². The van der Waals surface area contributed by atoms with Gasteiger partial charge in [0.25, 0.3) is 5.09 Å². The van der Waals surface area contributed by atoms with Crippen LogP contribution in [0.3, 0.4) is 0 Å². The molecule has 0 aliphatic carbocycles. The molecule has 1 N–H and O–H groups in total. The largest absolute Gasteiger partial charge is 0.312 e. The lowest BCUT2D eigenvalue weighted by Gasteiger charge is -2.00. The highest BCUT2D eigenvalue weighted by Gasteiger charge is 2.03. The average molecular weight is 240 g/mol. The van der Waals surface area contributed by atoms with Crippen molar-refractivity contribution in [3.63, 3.8) is 0 Å². The van der Waals surface area contributed by atoms with Crippen LogP contribution in [0.15, 0.2) is 22.5 Å². The van der Waals surface area contributed by atoms with Gasteiger partial charge in [-0.2, -0.15) is 5.26 Å². The van der Waals surface area contributed by atoms with Gasteiger partial charge >= 0.3 is 0 Å². The molecule has 8 heteroatoms. The third kappa shape index (κ3) is 3.93. The van der Waals surface area contributed by atoms with E-state index in [9.17, 15) is 10.1 Å². The van der Waals surface area contributed by atoms with Gasteiger partial charge in [-0.25, -0.2) is 0 Å². The minimum Gasteiger partial charge on any atom is -0.312 e. The third-order valence-electron chi connectivity index (χ3n) is 1.49. The number of nitrogens with one attached hydrogen (secondary N) is 1. The zero-order valence-electron chi connectivity index (χ0n) is 8.12. The number of hydrogen-bond acceptors (Lipinski definition) is 6. The molecule has 16 heavy (non-hydrogen) atoms. The number of aliphatic imine (C=N–C) groups is 1. The molecule has 0 aromatic carbocycles. The zero-order valence-corrected chi connectivity index (χ0v) is 8.94. The summed E-state index contributed by atoms with van der Waals surface area (Å²) in [5.41, 5.74) is 0. The van der Waals surface area contributed by atoms with Crippen LogP contribution in [0, 0.1) is 21.6 Å². The van der Waals surface area contributed by atoms with Crippen molar-refractivity contribution in [2.75, 3.05) is 13.2 Å². The van der Waals surface area contributed by atoms with Crippen molar-refractivity contribution in [3.05, 3.63) is 32.5 Å². The van der Waals surface area contributed by atoms with Crippen molar-refractivity contribution >= 4 is 17.2 Å². The van der Waals surface area contributed by atoms with Gasteiger partial charge in [-0.15, -0.1) is 21.5 Å². The molecule has 0 spiro atoms. The lowest BCUT2D eigenvalue weighted by atomic mass is 10.4. The molecular formula is C8H8N4O3S. The Morgan fingerprint density at radius 2 is 2.62 bits per heavy atom. The van der Waals surface area contributed by atoms with E-state index in [2.05, 4.69) is 15.1 Å². The molecule has 1 aromatic heterocycles. The Bertz CT molecular complexity index is 409. The Morgan fingerprint density at radius 3 is 3.19 bits per heavy atom. The summed E-state index contributed by atoms with van der Waals surface area (Å²) in [4.78, 5) is 18.7. The van der Waals surface area contributed by atoms with E-state index in [1.807, 2.05) is 11.4 Å². The predicted octanol–water partition coefficient (Wildman–Crippen LogP) is 0.774. The van der Waals surface area contributed by atoms with E-state index in [-0.39, 0.29) is 13.2 Å². The smallest absolute Gasteiger partial charge is 0.294 e. The Hall–Kier alpha value is -2.14. The van der Waals surface area contributed by atoms with E-state index in [0.29, 0.717) is 5.84 Å². The number of nitriles is 1. The molecule has 84 valence electrons. The van der Waals surface area contributed by atoms with Crippen molar-refractivity contribution in [1.82, 2.24) is 5.32 Å². The normalized spacial score (nSPS) is 10.6. The maximum atomic E-state index is 9.87. The highest BCUT2D eigenvalue weighted by Crippen LogP contribution is 2.08. The van der Waals surface area contributed by atoms with Crippen molar-refractivity contribution in [2.45, 2.75) is 0 Å². The van der Waals surface area contributed by atoms with Crippen LogP contribution in [0.2, 0.25) is 0 Å². The number of amidine groups is 1. The summed E-state index contributed by atoms with van der Waals surface area (Å²) >= 11 is 1.42. The van der Waals surface area contributed by atoms with Crippen LogP contribution < -0.4 is 5.32 Å². The second kappa shape index (κ2) is 6.36. The van der Waals surface area contributed by atoms with Gasteiger partial charge in [-0.1, -0.05) is 6.07 Å². The van der Waals surface area contributed by atoms with Crippen molar-refractivity contribution in [3.8, 4) is 6.19 Å². The van der Waals surface area contributed by atoms with Crippen molar-refractivity contribution in [2.24, 2.45) is 4.99 Å². The molecule has 1 heterocycles. The molecule has 1 rings (SSSR count). The standard InChI is InChI=1S/C8H8N4O3S/c9-6-11-8(7-2-1-5-16-7)10-3-4-15-12(13)14/h1-2,5H,3-4H2,(H,10,11). The maximum Gasteiger partial charge on any atom is 0.294 e. The van der Waals surface area contributed by atoms with Crippen molar-refractivity contribution in [1.29, 1.82) is 5.26 Å². The first-order valence-electron chi connectivity index (χ1n) is 4.25. The van der Waals surface area contributed by atoms with Gasteiger partial charge in [0.1, 0.15) is 6.61 Å². The fraction of sp³-hybridized carbons (Fsp3) is 0.250. The number of rotatable bonds is 5. The van der Waals surface area contributed by atoms with Gasteiger partial charge < -0.3 is 4.84 Å². The molecule has 7 nitrogen and oxygen atoms in total. The van der Waals surface area contributed by atoms with E-state index in [1.54, 1.807) is 12.3 Å². The molecule has 1 aromatic rings. The number of thiophene rings is 1. The minimum atomic E-state index is -0.877. The monoisotopic (exact) mass is 240 g/mol. The van der Waals surface area contributed by atoms with Gasteiger partial charge in [0, 0.05) is 0 Å². The Balaban J connectivity index is 2.54. The van der Waals surface area contributed by atoms with Gasteiger partial charge in [-0.05, 0) is 11.4 Å². The second-order valence-electron chi connectivity index (χ2n) is 2.50. The molecule has 0 aliphatic heterocycles. The topological polar surface area (TPSA) is 101 Å². The lowest BCUT2D eigenvalue weighted by molar-refractivity contribution is -0.757. The second-order valence-corrected chi connectivity index (χ2v) is 3.45. The van der Waals surface area contributed by atoms with E-state index in [1.165, 1.54) is 11.3 Å². The van der Waals surface area contributed by atoms with E-state index >= 15 is 0 Å². The molecule has 0 atom stereocenters. The minimum absolute atomic E-state index is 0.114. The van der Waals surface area contributed by atoms with Crippen LogP contribution in [0.25, 0.3) is 0 Å². The Morgan fingerprint density at radius 1 is 1.81 bits per heavy atom. The maximum absolute atomic E-state index is 9.87. The van der Waals surface area contributed by atoms with Gasteiger partial charge in [-0.3, -0.25) is 10.3 Å². The summed E-state index contributed by atoms with van der Waals surface area (Å²) < 4.78 is 0. The fourth-order valence-electron chi connectivity index (χ4n) is 0.918. The van der Waals surface area contributed by atoms with E-state index in [0.717, 1.165) is 4.88 Å². The first-order chi connectivity index (χ1) is 7.74. The number of nitrogens with zero attached hydrogens (tertiary/aromatic N) is 3. The summed E-state index contributed by atoms with van der Waals surface area (Å²) in [5, 5.41) is 21.8.